The molecule has 0 radical (unpaired) electrons. The zero-order valence-electron chi connectivity index (χ0n) is 19.1. The maximum absolute atomic E-state index is 14.6. The van der Waals surface area contributed by atoms with Crippen LogP contribution in [0.1, 0.15) is 69.2 Å². The van der Waals surface area contributed by atoms with Crippen LogP contribution in [0.15, 0.2) is 81.8 Å². The second-order valence-corrected chi connectivity index (χ2v) is 8.07. The first kappa shape index (κ1) is 25.1. The largest absolute Gasteiger partial charge is 0.207 e. The van der Waals surface area contributed by atoms with E-state index in [1.54, 1.807) is 6.08 Å². The van der Waals surface area contributed by atoms with E-state index in [1.807, 2.05) is 46.8 Å². The van der Waals surface area contributed by atoms with Crippen molar-refractivity contribution in [2.24, 2.45) is 11.8 Å². The minimum absolute atomic E-state index is 0.156. The quantitative estimate of drug-likeness (QED) is 0.296. The van der Waals surface area contributed by atoms with E-state index in [4.69, 9.17) is 0 Å². The summed E-state index contributed by atoms with van der Waals surface area (Å²) in [6.45, 7) is 20.5. The molecule has 0 N–H and O–H groups in total. The van der Waals surface area contributed by atoms with Crippen LogP contribution in [0.5, 0.6) is 0 Å². The Morgan fingerprint density at radius 1 is 0.630 bits per heavy atom. The molecule has 0 aliphatic heterocycles. The van der Waals surface area contributed by atoms with Crippen molar-refractivity contribution in [2.45, 2.75) is 69.2 Å². The number of allylic oxidation sites excluding steroid dienone is 14. The van der Waals surface area contributed by atoms with Gasteiger partial charge in [0, 0.05) is 0 Å². The van der Waals surface area contributed by atoms with Gasteiger partial charge in [-0.25, -0.2) is 4.39 Å². The predicted molar refractivity (Wildman–Crippen MR) is 121 cm³/mol. The van der Waals surface area contributed by atoms with Crippen LogP contribution in [0, 0.1) is 11.8 Å². The number of hydrogen-bond donors (Lipinski definition) is 0. The Labute approximate surface area is 167 Å². The monoisotopic (exact) mass is 370 g/mol. The van der Waals surface area contributed by atoms with Crippen LogP contribution in [-0.2, 0) is 0 Å². The Balaban J connectivity index is 5.26. The van der Waals surface area contributed by atoms with Crippen LogP contribution < -0.4 is 0 Å². The summed E-state index contributed by atoms with van der Waals surface area (Å²) in [4.78, 5) is 0. The molecule has 0 heterocycles. The molecule has 0 aliphatic rings. The Morgan fingerprint density at radius 2 is 1.07 bits per heavy atom. The van der Waals surface area contributed by atoms with E-state index >= 15 is 0 Å². The highest BCUT2D eigenvalue weighted by Crippen LogP contribution is 2.22. The summed E-state index contributed by atoms with van der Waals surface area (Å²) in [5.41, 5.74) is 6.49. The van der Waals surface area contributed by atoms with Crippen molar-refractivity contribution >= 4 is 0 Å². The second kappa shape index (κ2) is 12.5. The van der Waals surface area contributed by atoms with Gasteiger partial charge in [-0.3, -0.25) is 0 Å². The van der Waals surface area contributed by atoms with Gasteiger partial charge in [-0.05, 0) is 84.4 Å². The Hall–Kier alpha value is -1.89. The van der Waals surface area contributed by atoms with Gasteiger partial charge in [-0.2, -0.15) is 0 Å². The second-order valence-electron chi connectivity index (χ2n) is 8.07. The zero-order valence-corrected chi connectivity index (χ0v) is 19.1. The van der Waals surface area contributed by atoms with Crippen molar-refractivity contribution < 1.29 is 4.39 Å². The minimum Gasteiger partial charge on any atom is -0.207 e. The number of hydrogen-bond acceptors (Lipinski definition) is 0. The summed E-state index contributed by atoms with van der Waals surface area (Å²) in [6, 6.07) is 0. The molecule has 0 spiro atoms. The van der Waals surface area contributed by atoms with Crippen molar-refractivity contribution in [1.82, 2.24) is 0 Å². The Bertz CT molecular complexity index is 694. The summed E-state index contributed by atoms with van der Waals surface area (Å²) < 4.78 is 14.6. The smallest absolute Gasteiger partial charge is 0.126 e. The first-order chi connectivity index (χ1) is 12.5. The summed E-state index contributed by atoms with van der Waals surface area (Å²) in [5.74, 6) is 0.410. The zero-order chi connectivity index (χ0) is 21.1. The third kappa shape index (κ3) is 10.8. The molecule has 0 nitrogen and oxygen atoms in total. The van der Waals surface area contributed by atoms with Gasteiger partial charge in [-0.15, -0.1) is 0 Å². The molecule has 0 aliphatic carbocycles. The summed E-state index contributed by atoms with van der Waals surface area (Å²) in [6.07, 6.45) is 14.3. The molecule has 0 fully saturated rings. The van der Waals surface area contributed by atoms with Crippen LogP contribution in [0.2, 0.25) is 0 Å². The van der Waals surface area contributed by atoms with Crippen molar-refractivity contribution in [2.75, 3.05) is 0 Å². The molecular formula is C26H39F. The number of halogens is 1. The molecular weight excluding hydrogens is 331 g/mol. The predicted octanol–water partition coefficient (Wildman–Crippen LogP) is 8.83. The molecule has 0 saturated heterocycles. The Kier molecular flexibility index (Phi) is 11.6. The lowest BCUT2D eigenvalue weighted by Gasteiger charge is -2.11. The molecule has 0 aromatic rings. The number of rotatable bonds is 8. The van der Waals surface area contributed by atoms with Gasteiger partial charge in [0.1, 0.15) is 5.83 Å². The standard InChI is InChI=1S/C26H39F/c1-18(2)11-13-20(5)21(6)15-16-22(7)24(9)17-26(27)25(10)23(8)14-12-19(3)4/h11-17,21-22H,1-10H3/b16-15-,20-13+,23-14+,24-17+,26-25-. The van der Waals surface area contributed by atoms with Crippen molar-refractivity contribution in [3.63, 3.8) is 0 Å². The highest BCUT2D eigenvalue weighted by molar-refractivity contribution is 5.38. The fraction of sp³-hybridized carbons (Fsp3) is 0.462. The van der Waals surface area contributed by atoms with E-state index in [1.165, 1.54) is 16.7 Å². The van der Waals surface area contributed by atoms with E-state index in [0.717, 1.165) is 11.1 Å². The van der Waals surface area contributed by atoms with E-state index in [9.17, 15) is 4.39 Å². The lowest BCUT2D eigenvalue weighted by atomic mass is 9.95. The first-order valence-electron chi connectivity index (χ1n) is 9.82. The van der Waals surface area contributed by atoms with Crippen LogP contribution in [0.25, 0.3) is 0 Å². The third-order valence-corrected chi connectivity index (χ3v) is 4.78. The van der Waals surface area contributed by atoms with Gasteiger partial charge in [0.05, 0.1) is 0 Å². The topological polar surface area (TPSA) is 0 Å². The molecule has 0 saturated carbocycles. The van der Waals surface area contributed by atoms with Gasteiger partial charge < -0.3 is 0 Å². The van der Waals surface area contributed by atoms with Crippen LogP contribution in [-0.4, -0.2) is 0 Å². The van der Waals surface area contributed by atoms with Crippen molar-refractivity contribution in [1.29, 1.82) is 0 Å². The average Bonchev–Trinajstić information content (AvgIpc) is 2.60. The normalized spacial score (nSPS) is 16.8. The molecule has 0 rings (SSSR count). The summed E-state index contributed by atoms with van der Waals surface area (Å²) in [7, 11) is 0. The van der Waals surface area contributed by atoms with Gasteiger partial charge in [0.25, 0.3) is 0 Å². The lowest BCUT2D eigenvalue weighted by molar-refractivity contribution is 0.650. The molecule has 2 atom stereocenters. The highest BCUT2D eigenvalue weighted by Gasteiger charge is 2.06. The maximum atomic E-state index is 14.6. The first-order valence-corrected chi connectivity index (χ1v) is 9.82. The van der Waals surface area contributed by atoms with Crippen LogP contribution in [0.3, 0.4) is 0 Å². The molecule has 2 unspecified atom stereocenters. The van der Waals surface area contributed by atoms with Crippen LogP contribution in [0.4, 0.5) is 4.39 Å². The van der Waals surface area contributed by atoms with E-state index in [-0.39, 0.29) is 11.7 Å². The molecule has 0 amide bonds. The third-order valence-electron chi connectivity index (χ3n) is 4.78. The molecule has 1 heteroatoms. The lowest BCUT2D eigenvalue weighted by Crippen LogP contribution is -1.96. The fourth-order valence-electron chi connectivity index (χ4n) is 2.13. The van der Waals surface area contributed by atoms with Gasteiger partial charge >= 0.3 is 0 Å². The van der Waals surface area contributed by atoms with Crippen molar-refractivity contribution in [3.05, 3.63) is 81.8 Å². The summed E-state index contributed by atoms with van der Waals surface area (Å²) in [5, 5.41) is 0. The molecule has 0 bridgehead atoms. The van der Waals surface area contributed by atoms with Gasteiger partial charge in [0.2, 0.25) is 0 Å². The maximum Gasteiger partial charge on any atom is 0.126 e. The Morgan fingerprint density at radius 3 is 1.56 bits per heavy atom. The van der Waals surface area contributed by atoms with E-state index in [0.29, 0.717) is 11.5 Å². The summed E-state index contributed by atoms with van der Waals surface area (Å²) >= 11 is 0. The fourth-order valence-corrected chi connectivity index (χ4v) is 2.13. The molecule has 0 aromatic heterocycles. The van der Waals surface area contributed by atoms with E-state index < -0.39 is 0 Å². The van der Waals surface area contributed by atoms with Gasteiger partial charge in [-0.1, -0.05) is 72.6 Å². The molecule has 150 valence electrons. The highest BCUT2D eigenvalue weighted by atomic mass is 19.1. The molecule has 0 aromatic carbocycles. The van der Waals surface area contributed by atoms with E-state index in [2.05, 4.69) is 58.9 Å². The average molecular weight is 371 g/mol. The van der Waals surface area contributed by atoms with Crippen molar-refractivity contribution in [3.8, 4) is 0 Å². The minimum atomic E-state index is -0.156. The molecule has 27 heavy (non-hydrogen) atoms. The van der Waals surface area contributed by atoms with Crippen LogP contribution >= 0.6 is 0 Å². The van der Waals surface area contributed by atoms with Gasteiger partial charge in [0.15, 0.2) is 0 Å². The SMILES string of the molecule is CC(C)=C/C=C(C)/C(C)=C(F)/C=C(\C)C(C)/C=C\C(C)/C(C)=C/C=C(C)C.